The third kappa shape index (κ3) is 7.61. The number of hydrogen-bond acceptors (Lipinski definition) is 5. The molecule has 6 nitrogen and oxygen atoms in total. The molecule has 25 heavy (non-hydrogen) atoms. The molecule has 2 rings (SSSR count). The molecule has 0 aliphatic carbocycles. The van der Waals surface area contributed by atoms with Crippen LogP contribution < -0.4 is 15.5 Å². The summed E-state index contributed by atoms with van der Waals surface area (Å²) in [4.78, 5) is 11.4. The zero-order chi connectivity index (χ0) is 17.7. The van der Waals surface area contributed by atoms with Crippen LogP contribution in [0.2, 0.25) is 0 Å². The molecule has 1 aliphatic rings. The molecule has 0 saturated carbocycles. The van der Waals surface area contributed by atoms with E-state index in [0.717, 1.165) is 64.6 Å². The Labute approximate surface area is 156 Å². The molecule has 0 bridgehead atoms. The van der Waals surface area contributed by atoms with E-state index in [1.54, 1.807) is 18.4 Å². The predicted octanol–water partition coefficient (Wildman–Crippen LogP) is 2.66. The van der Waals surface area contributed by atoms with E-state index in [4.69, 9.17) is 9.72 Å². The quantitative estimate of drug-likeness (QED) is 0.358. The highest BCUT2D eigenvalue weighted by atomic mass is 32.1. The molecule has 0 aromatic carbocycles. The summed E-state index contributed by atoms with van der Waals surface area (Å²) in [5.74, 6) is 0.851. The molecule has 142 valence electrons. The van der Waals surface area contributed by atoms with Gasteiger partial charge in [0.05, 0.1) is 5.69 Å². The Morgan fingerprint density at radius 1 is 1.24 bits per heavy atom. The van der Waals surface area contributed by atoms with Crippen LogP contribution in [0.5, 0.6) is 0 Å². The van der Waals surface area contributed by atoms with E-state index in [0.29, 0.717) is 0 Å². The monoisotopic (exact) mass is 367 g/mol. The van der Waals surface area contributed by atoms with Gasteiger partial charge in [0, 0.05) is 58.2 Å². The summed E-state index contributed by atoms with van der Waals surface area (Å²) in [6.07, 6.45) is 6.84. The van der Waals surface area contributed by atoms with Gasteiger partial charge in [0.2, 0.25) is 0 Å². The Bertz CT molecular complexity index is 499. The van der Waals surface area contributed by atoms with Crippen LogP contribution in [0.15, 0.2) is 10.4 Å². The highest BCUT2D eigenvalue weighted by Crippen LogP contribution is 2.24. The molecule has 1 aromatic rings. The van der Waals surface area contributed by atoms with Gasteiger partial charge in [-0.15, -0.1) is 11.3 Å². The topological polar surface area (TPSA) is 61.8 Å². The van der Waals surface area contributed by atoms with Crippen molar-refractivity contribution in [2.75, 3.05) is 51.3 Å². The standard InChI is InChI=1S/C18H33N5OS/c1-3-4-13-24-14-7-9-20-17(19-2)21-10-8-16-15-25-18(22-16)23-11-5-6-12-23/h15H,3-14H2,1-2H3,(H2,19,20,21). The summed E-state index contributed by atoms with van der Waals surface area (Å²) in [5.41, 5.74) is 1.17. The first-order chi connectivity index (χ1) is 12.3. The van der Waals surface area contributed by atoms with Crippen molar-refractivity contribution in [3.63, 3.8) is 0 Å². The molecular formula is C18H33N5OS. The summed E-state index contributed by atoms with van der Waals surface area (Å²) < 4.78 is 5.56. The number of rotatable bonds is 11. The number of nitrogens with zero attached hydrogens (tertiary/aromatic N) is 3. The van der Waals surface area contributed by atoms with Crippen molar-refractivity contribution in [1.29, 1.82) is 0 Å². The summed E-state index contributed by atoms with van der Waals surface area (Å²) >= 11 is 1.76. The lowest BCUT2D eigenvalue weighted by Crippen LogP contribution is -2.39. The Kier molecular flexibility index (Phi) is 9.66. The second kappa shape index (κ2) is 12.1. The Morgan fingerprint density at radius 2 is 2.00 bits per heavy atom. The minimum absolute atomic E-state index is 0.808. The van der Waals surface area contributed by atoms with Gasteiger partial charge in [-0.25, -0.2) is 4.98 Å². The molecule has 0 radical (unpaired) electrons. The molecule has 0 unspecified atom stereocenters. The van der Waals surface area contributed by atoms with E-state index in [1.165, 1.54) is 30.1 Å². The van der Waals surface area contributed by atoms with E-state index in [9.17, 15) is 0 Å². The first kappa shape index (κ1) is 20.0. The minimum atomic E-state index is 0.808. The van der Waals surface area contributed by atoms with Gasteiger partial charge >= 0.3 is 0 Å². The van der Waals surface area contributed by atoms with Crippen LogP contribution in [0.3, 0.4) is 0 Å². The Balaban J connectivity index is 1.56. The fourth-order valence-electron chi connectivity index (χ4n) is 2.72. The molecule has 0 amide bonds. The Hall–Kier alpha value is -1.34. The van der Waals surface area contributed by atoms with Crippen LogP contribution >= 0.6 is 11.3 Å². The van der Waals surface area contributed by atoms with Gasteiger partial charge in [-0.05, 0) is 25.7 Å². The summed E-state index contributed by atoms with van der Waals surface area (Å²) in [5, 5.41) is 10.0. The second-order valence-corrected chi connectivity index (χ2v) is 7.15. The maximum atomic E-state index is 5.56. The molecule has 1 saturated heterocycles. The molecular weight excluding hydrogens is 334 g/mol. The maximum Gasteiger partial charge on any atom is 0.190 e. The van der Waals surface area contributed by atoms with Crippen LogP contribution in [-0.2, 0) is 11.2 Å². The fourth-order valence-corrected chi connectivity index (χ4v) is 3.64. The van der Waals surface area contributed by atoms with Gasteiger partial charge in [0.15, 0.2) is 11.1 Å². The zero-order valence-corrected chi connectivity index (χ0v) is 16.5. The molecule has 1 fully saturated rings. The lowest BCUT2D eigenvalue weighted by atomic mass is 10.3. The molecule has 0 atom stereocenters. The number of aliphatic imine (C=N–C) groups is 1. The first-order valence-corrected chi connectivity index (χ1v) is 10.4. The lowest BCUT2D eigenvalue weighted by Gasteiger charge is -2.12. The number of nitrogens with one attached hydrogen (secondary N) is 2. The van der Waals surface area contributed by atoms with Gasteiger partial charge < -0.3 is 20.3 Å². The summed E-state index contributed by atoms with van der Waals surface area (Å²) in [6, 6.07) is 0. The SMILES string of the molecule is CCCCOCCCNC(=NC)NCCc1csc(N2CCCC2)n1. The number of guanidine groups is 1. The third-order valence-electron chi connectivity index (χ3n) is 4.21. The minimum Gasteiger partial charge on any atom is -0.381 e. The molecule has 2 heterocycles. The normalized spacial score (nSPS) is 15.0. The van der Waals surface area contributed by atoms with Crippen molar-refractivity contribution < 1.29 is 4.74 Å². The van der Waals surface area contributed by atoms with Crippen LogP contribution in [0.4, 0.5) is 5.13 Å². The van der Waals surface area contributed by atoms with Gasteiger partial charge in [0.25, 0.3) is 0 Å². The number of aromatic nitrogens is 1. The maximum absolute atomic E-state index is 5.56. The van der Waals surface area contributed by atoms with Crippen molar-refractivity contribution in [3.8, 4) is 0 Å². The first-order valence-electron chi connectivity index (χ1n) is 9.55. The van der Waals surface area contributed by atoms with Gasteiger partial charge in [0.1, 0.15) is 0 Å². The number of thiazole rings is 1. The molecule has 2 N–H and O–H groups in total. The van der Waals surface area contributed by atoms with Crippen molar-refractivity contribution in [1.82, 2.24) is 15.6 Å². The number of unbranched alkanes of at least 4 members (excludes halogenated alkanes) is 1. The number of hydrogen-bond donors (Lipinski definition) is 2. The van der Waals surface area contributed by atoms with Crippen molar-refractivity contribution in [2.24, 2.45) is 4.99 Å². The highest BCUT2D eigenvalue weighted by molar-refractivity contribution is 7.13. The lowest BCUT2D eigenvalue weighted by molar-refractivity contribution is 0.129. The molecule has 1 aliphatic heterocycles. The van der Waals surface area contributed by atoms with E-state index in [1.807, 2.05) is 0 Å². The van der Waals surface area contributed by atoms with E-state index < -0.39 is 0 Å². The largest absolute Gasteiger partial charge is 0.381 e. The van der Waals surface area contributed by atoms with Gasteiger partial charge in [-0.2, -0.15) is 0 Å². The summed E-state index contributed by atoms with van der Waals surface area (Å²) in [6.45, 7) is 7.89. The van der Waals surface area contributed by atoms with Crippen LogP contribution in [0.1, 0.15) is 44.7 Å². The predicted molar refractivity (Wildman–Crippen MR) is 107 cm³/mol. The zero-order valence-electron chi connectivity index (χ0n) is 15.7. The van der Waals surface area contributed by atoms with Crippen LogP contribution in [0, 0.1) is 0 Å². The average molecular weight is 368 g/mol. The van der Waals surface area contributed by atoms with Crippen LogP contribution in [-0.4, -0.2) is 57.4 Å². The Morgan fingerprint density at radius 3 is 2.76 bits per heavy atom. The van der Waals surface area contributed by atoms with Crippen molar-refractivity contribution in [2.45, 2.75) is 45.4 Å². The van der Waals surface area contributed by atoms with E-state index in [2.05, 4.69) is 32.8 Å². The fraction of sp³-hybridized carbons (Fsp3) is 0.778. The second-order valence-electron chi connectivity index (χ2n) is 6.31. The highest BCUT2D eigenvalue weighted by Gasteiger charge is 2.15. The van der Waals surface area contributed by atoms with Crippen molar-refractivity contribution >= 4 is 22.4 Å². The number of ether oxygens (including phenoxy) is 1. The van der Waals surface area contributed by atoms with Gasteiger partial charge in [-0.3, -0.25) is 4.99 Å². The average Bonchev–Trinajstić information content (AvgIpc) is 3.30. The molecule has 1 aromatic heterocycles. The molecule has 0 spiro atoms. The van der Waals surface area contributed by atoms with Crippen LogP contribution in [0.25, 0.3) is 0 Å². The van der Waals surface area contributed by atoms with Crippen molar-refractivity contribution in [3.05, 3.63) is 11.1 Å². The molecule has 7 heteroatoms. The summed E-state index contributed by atoms with van der Waals surface area (Å²) in [7, 11) is 1.81. The third-order valence-corrected chi connectivity index (χ3v) is 5.16. The van der Waals surface area contributed by atoms with E-state index >= 15 is 0 Å². The smallest absolute Gasteiger partial charge is 0.190 e. The van der Waals surface area contributed by atoms with Gasteiger partial charge in [-0.1, -0.05) is 13.3 Å². The van der Waals surface area contributed by atoms with E-state index in [-0.39, 0.29) is 0 Å². The number of anilines is 1.